The second-order valence-electron chi connectivity index (χ2n) is 6.60. The summed E-state index contributed by atoms with van der Waals surface area (Å²) in [4.78, 5) is 14.4. The lowest BCUT2D eigenvalue weighted by Crippen LogP contribution is -2.03. The van der Waals surface area contributed by atoms with Crippen molar-refractivity contribution in [2.45, 2.75) is 6.54 Å². The topological polar surface area (TPSA) is 52.8 Å². The molecule has 2 heterocycles. The molecular weight excluding hydrogens is 348 g/mol. The molecule has 5 aromatic rings. The van der Waals surface area contributed by atoms with Crippen LogP contribution in [0, 0.1) is 0 Å². The summed E-state index contributed by atoms with van der Waals surface area (Å²) in [5, 5.41) is 0. The zero-order valence-corrected chi connectivity index (χ0v) is 15.4. The summed E-state index contributed by atoms with van der Waals surface area (Å²) in [5.74, 6) is 1.70. The Bertz CT molecular complexity index is 1260. The van der Waals surface area contributed by atoms with E-state index >= 15 is 0 Å². The van der Waals surface area contributed by atoms with Crippen LogP contribution in [-0.2, 0) is 6.54 Å². The molecule has 0 N–H and O–H groups in total. The summed E-state index contributed by atoms with van der Waals surface area (Å²) in [5.41, 5.74) is 5.35. The number of rotatable bonds is 4. The maximum Gasteiger partial charge on any atom is 0.198 e. The molecule has 3 aromatic carbocycles. The normalized spacial score (nSPS) is 11.2. The van der Waals surface area contributed by atoms with Crippen molar-refractivity contribution in [2.75, 3.05) is 7.11 Å². The fourth-order valence-electron chi connectivity index (χ4n) is 3.37. The Morgan fingerprint density at radius 1 is 0.750 bits per heavy atom. The van der Waals surface area contributed by atoms with E-state index in [-0.39, 0.29) is 0 Å². The third-order valence-electron chi connectivity index (χ3n) is 4.79. The standard InChI is InChI=1S/C23H18N4O/c1-28-18-13-11-16(12-14-18)15-27-22(17-7-3-2-4-8-17)26-21-23(27)25-20-10-6-5-9-19(20)24-21/h2-14H,15H2,1H3. The van der Waals surface area contributed by atoms with Gasteiger partial charge in [0.2, 0.25) is 0 Å². The van der Waals surface area contributed by atoms with Gasteiger partial charge in [-0.15, -0.1) is 0 Å². The van der Waals surface area contributed by atoms with Crippen LogP contribution in [0.2, 0.25) is 0 Å². The van der Waals surface area contributed by atoms with Gasteiger partial charge in [0.15, 0.2) is 11.3 Å². The van der Waals surface area contributed by atoms with E-state index in [0.717, 1.165) is 39.4 Å². The number of para-hydroxylation sites is 2. The maximum absolute atomic E-state index is 5.27. The van der Waals surface area contributed by atoms with Crippen LogP contribution in [0.25, 0.3) is 33.7 Å². The number of nitrogens with zero attached hydrogens (tertiary/aromatic N) is 4. The minimum atomic E-state index is 0.651. The van der Waals surface area contributed by atoms with Crippen LogP contribution in [0.4, 0.5) is 0 Å². The average molecular weight is 366 g/mol. The second kappa shape index (κ2) is 6.78. The van der Waals surface area contributed by atoms with Crippen molar-refractivity contribution in [3.05, 3.63) is 84.4 Å². The number of imidazole rings is 1. The first-order valence-electron chi connectivity index (χ1n) is 9.13. The van der Waals surface area contributed by atoms with Crippen LogP contribution in [0.15, 0.2) is 78.9 Å². The van der Waals surface area contributed by atoms with Crippen LogP contribution < -0.4 is 4.74 Å². The first-order valence-corrected chi connectivity index (χ1v) is 9.13. The lowest BCUT2D eigenvalue weighted by atomic mass is 10.2. The zero-order chi connectivity index (χ0) is 18.9. The summed E-state index contributed by atoms with van der Waals surface area (Å²) < 4.78 is 7.41. The molecule has 0 atom stereocenters. The Labute approximate surface area is 162 Å². The molecule has 28 heavy (non-hydrogen) atoms. The molecule has 0 aliphatic rings. The lowest BCUT2D eigenvalue weighted by Gasteiger charge is -2.10. The third kappa shape index (κ3) is 2.87. The Balaban J connectivity index is 1.71. The van der Waals surface area contributed by atoms with E-state index in [0.29, 0.717) is 12.2 Å². The zero-order valence-electron chi connectivity index (χ0n) is 15.4. The predicted octanol–water partition coefficient (Wildman–Crippen LogP) is 4.70. The van der Waals surface area contributed by atoms with Gasteiger partial charge in [0.25, 0.3) is 0 Å². The van der Waals surface area contributed by atoms with Crippen molar-refractivity contribution < 1.29 is 4.74 Å². The van der Waals surface area contributed by atoms with Crippen molar-refractivity contribution in [1.82, 2.24) is 19.5 Å². The highest BCUT2D eigenvalue weighted by Crippen LogP contribution is 2.26. The molecule has 5 nitrogen and oxygen atoms in total. The smallest absolute Gasteiger partial charge is 0.198 e. The second-order valence-corrected chi connectivity index (χ2v) is 6.60. The molecule has 0 spiro atoms. The number of hydrogen-bond donors (Lipinski definition) is 0. The minimum absolute atomic E-state index is 0.651. The number of fused-ring (bicyclic) bond motifs is 2. The largest absolute Gasteiger partial charge is 0.497 e. The first-order chi connectivity index (χ1) is 13.8. The van der Waals surface area contributed by atoms with Crippen LogP contribution in [0.3, 0.4) is 0 Å². The quantitative estimate of drug-likeness (QED) is 0.462. The Morgan fingerprint density at radius 2 is 1.43 bits per heavy atom. The Kier molecular flexibility index (Phi) is 3.98. The molecule has 2 aromatic heterocycles. The third-order valence-corrected chi connectivity index (χ3v) is 4.79. The van der Waals surface area contributed by atoms with E-state index in [9.17, 15) is 0 Å². The summed E-state index contributed by atoms with van der Waals surface area (Å²) >= 11 is 0. The van der Waals surface area contributed by atoms with Crippen molar-refractivity contribution in [3.8, 4) is 17.1 Å². The predicted molar refractivity (Wildman–Crippen MR) is 110 cm³/mol. The van der Waals surface area contributed by atoms with E-state index in [1.165, 1.54) is 0 Å². The molecule has 0 radical (unpaired) electrons. The van der Waals surface area contributed by atoms with Crippen molar-refractivity contribution >= 4 is 22.3 Å². The number of aromatic nitrogens is 4. The summed E-state index contributed by atoms with van der Waals surface area (Å²) in [6.07, 6.45) is 0. The molecule has 5 rings (SSSR count). The first kappa shape index (κ1) is 16.4. The van der Waals surface area contributed by atoms with E-state index < -0.39 is 0 Å². The van der Waals surface area contributed by atoms with E-state index in [4.69, 9.17) is 19.7 Å². The fraction of sp³-hybridized carbons (Fsp3) is 0.0870. The van der Waals surface area contributed by atoms with Gasteiger partial charge in [0.1, 0.15) is 11.6 Å². The van der Waals surface area contributed by atoms with Crippen molar-refractivity contribution in [2.24, 2.45) is 0 Å². The van der Waals surface area contributed by atoms with Gasteiger partial charge in [-0.3, -0.25) is 0 Å². The van der Waals surface area contributed by atoms with Crippen LogP contribution in [0.1, 0.15) is 5.56 Å². The van der Waals surface area contributed by atoms with Gasteiger partial charge < -0.3 is 9.30 Å². The maximum atomic E-state index is 5.27. The molecule has 0 aliphatic heterocycles. The summed E-state index contributed by atoms with van der Waals surface area (Å²) in [7, 11) is 1.67. The molecule has 0 saturated heterocycles. The Morgan fingerprint density at radius 3 is 2.14 bits per heavy atom. The van der Waals surface area contributed by atoms with Gasteiger partial charge in [0.05, 0.1) is 24.7 Å². The van der Waals surface area contributed by atoms with Gasteiger partial charge in [0, 0.05) is 5.56 Å². The van der Waals surface area contributed by atoms with Crippen molar-refractivity contribution in [1.29, 1.82) is 0 Å². The highest BCUT2D eigenvalue weighted by atomic mass is 16.5. The Hall–Kier alpha value is -3.73. The van der Waals surface area contributed by atoms with Crippen LogP contribution >= 0.6 is 0 Å². The number of hydrogen-bond acceptors (Lipinski definition) is 4. The van der Waals surface area contributed by atoms with Gasteiger partial charge in [-0.05, 0) is 29.8 Å². The lowest BCUT2D eigenvalue weighted by molar-refractivity contribution is 0.414. The minimum Gasteiger partial charge on any atom is -0.497 e. The van der Waals surface area contributed by atoms with E-state index in [2.05, 4.69) is 28.8 Å². The average Bonchev–Trinajstić information content (AvgIpc) is 3.10. The van der Waals surface area contributed by atoms with Gasteiger partial charge in [-0.25, -0.2) is 15.0 Å². The molecule has 0 fully saturated rings. The monoisotopic (exact) mass is 366 g/mol. The summed E-state index contributed by atoms with van der Waals surface area (Å²) in [6, 6.07) is 26.1. The van der Waals surface area contributed by atoms with E-state index in [1.54, 1.807) is 7.11 Å². The highest BCUT2D eigenvalue weighted by molar-refractivity contribution is 5.84. The molecule has 5 heteroatoms. The number of methoxy groups -OCH3 is 1. The van der Waals surface area contributed by atoms with E-state index in [1.807, 2.05) is 54.6 Å². The van der Waals surface area contributed by atoms with Gasteiger partial charge in [-0.2, -0.15) is 0 Å². The number of ether oxygens (including phenoxy) is 1. The molecule has 136 valence electrons. The SMILES string of the molecule is COc1ccc(Cn2c(-c3ccccc3)nc3nc4ccccc4nc32)cc1. The fourth-order valence-corrected chi connectivity index (χ4v) is 3.37. The molecule has 0 amide bonds. The molecule has 0 bridgehead atoms. The summed E-state index contributed by atoms with van der Waals surface area (Å²) in [6.45, 7) is 0.651. The molecule has 0 saturated carbocycles. The molecule has 0 aliphatic carbocycles. The van der Waals surface area contributed by atoms with Gasteiger partial charge >= 0.3 is 0 Å². The molecule has 0 unspecified atom stereocenters. The van der Waals surface area contributed by atoms with Crippen LogP contribution in [-0.4, -0.2) is 26.6 Å². The van der Waals surface area contributed by atoms with Gasteiger partial charge in [-0.1, -0.05) is 54.6 Å². The van der Waals surface area contributed by atoms with Crippen LogP contribution in [0.5, 0.6) is 5.75 Å². The van der Waals surface area contributed by atoms with Crippen molar-refractivity contribution in [3.63, 3.8) is 0 Å². The highest BCUT2D eigenvalue weighted by Gasteiger charge is 2.16. The molecular formula is C23H18N4O. The number of benzene rings is 3.